The number of hydrogen-bond donors (Lipinski definition) is 2. The number of para-hydroxylation sites is 1. The molecule has 0 aliphatic heterocycles. The Kier molecular flexibility index (Phi) is 3.65. The zero-order valence-corrected chi connectivity index (χ0v) is 10.7. The molecule has 0 saturated carbocycles. The molecule has 2 aromatic rings. The molecule has 6 nitrogen and oxygen atoms in total. The number of nitrogens with zero attached hydrogens (tertiary/aromatic N) is 1. The van der Waals surface area contributed by atoms with E-state index in [4.69, 9.17) is 0 Å². The molecule has 20 heavy (non-hydrogen) atoms. The zero-order valence-electron chi connectivity index (χ0n) is 10.7. The molecule has 0 unspecified atom stereocenters. The van der Waals surface area contributed by atoms with E-state index in [1.54, 1.807) is 12.1 Å². The lowest BCUT2D eigenvalue weighted by Gasteiger charge is -2.07. The Hall–Kier alpha value is -2.89. The second-order valence-corrected chi connectivity index (χ2v) is 4.25. The molecular weight excluding hydrogens is 260 g/mol. The maximum absolute atomic E-state index is 12.0. The lowest BCUT2D eigenvalue weighted by atomic mass is 10.1. The van der Waals surface area contributed by atoms with Crippen molar-refractivity contribution in [2.45, 2.75) is 6.92 Å². The van der Waals surface area contributed by atoms with Gasteiger partial charge in [0.05, 0.1) is 10.5 Å². The van der Waals surface area contributed by atoms with Crippen LogP contribution in [0, 0.1) is 17.0 Å². The van der Waals surface area contributed by atoms with E-state index in [1.165, 1.54) is 12.1 Å². The molecule has 0 aliphatic carbocycles. The molecule has 0 saturated heterocycles. The summed E-state index contributed by atoms with van der Waals surface area (Å²) in [7, 11) is 0. The summed E-state index contributed by atoms with van der Waals surface area (Å²) in [4.78, 5) is 22.0. The molecule has 0 radical (unpaired) electrons. The summed E-state index contributed by atoms with van der Waals surface area (Å²) < 4.78 is 0. The number of aromatic hydroxyl groups is 1. The van der Waals surface area contributed by atoms with E-state index >= 15 is 0 Å². The molecule has 0 aliphatic rings. The van der Waals surface area contributed by atoms with E-state index in [2.05, 4.69) is 5.32 Å². The molecule has 6 heteroatoms. The van der Waals surface area contributed by atoms with Crippen LogP contribution in [-0.2, 0) is 0 Å². The van der Waals surface area contributed by atoms with Gasteiger partial charge in [0.25, 0.3) is 5.91 Å². The van der Waals surface area contributed by atoms with E-state index in [0.29, 0.717) is 5.69 Å². The predicted molar refractivity (Wildman–Crippen MR) is 73.9 cm³/mol. The van der Waals surface area contributed by atoms with E-state index in [-0.39, 0.29) is 5.56 Å². The van der Waals surface area contributed by atoms with E-state index in [9.17, 15) is 20.0 Å². The predicted octanol–water partition coefficient (Wildman–Crippen LogP) is 2.86. The average Bonchev–Trinajstić information content (AvgIpc) is 2.41. The summed E-state index contributed by atoms with van der Waals surface area (Å²) >= 11 is 0. The van der Waals surface area contributed by atoms with Crippen molar-refractivity contribution in [3.63, 3.8) is 0 Å². The van der Waals surface area contributed by atoms with Gasteiger partial charge >= 0.3 is 5.69 Å². The molecule has 0 spiro atoms. The van der Waals surface area contributed by atoms with Gasteiger partial charge in [0.2, 0.25) is 5.75 Å². The molecular formula is C14H12N2O4. The first-order chi connectivity index (χ1) is 9.49. The van der Waals surface area contributed by atoms with Gasteiger partial charge in [0.15, 0.2) is 0 Å². The number of nitrogens with one attached hydrogen (secondary N) is 1. The number of nitro benzene ring substituents is 1. The van der Waals surface area contributed by atoms with Gasteiger partial charge in [-0.05, 0) is 25.1 Å². The molecule has 2 N–H and O–H groups in total. The molecule has 2 rings (SSSR count). The monoisotopic (exact) mass is 272 g/mol. The van der Waals surface area contributed by atoms with Crippen LogP contribution < -0.4 is 5.32 Å². The topological polar surface area (TPSA) is 92.5 Å². The van der Waals surface area contributed by atoms with Crippen LogP contribution >= 0.6 is 0 Å². The minimum absolute atomic E-state index is 0.139. The standard InChI is InChI=1S/C14H12N2O4/c1-9-5-7-10(8-6-9)15-14(18)11-3-2-4-12(13(11)17)16(19)20/h2-8,17H,1H3,(H,15,18). The summed E-state index contributed by atoms with van der Waals surface area (Å²) in [6.07, 6.45) is 0. The van der Waals surface area contributed by atoms with Gasteiger partial charge in [-0.15, -0.1) is 0 Å². The summed E-state index contributed by atoms with van der Waals surface area (Å²) in [6.45, 7) is 1.91. The second kappa shape index (κ2) is 5.40. The van der Waals surface area contributed by atoms with Gasteiger partial charge in [-0.2, -0.15) is 0 Å². The number of carbonyl (C=O) groups is 1. The van der Waals surface area contributed by atoms with Crippen molar-refractivity contribution < 1.29 is 14.8 Å². The minimum atomic E-state index is -0.738. The van der Waals surface area contributed by atoms with Gasteiger partial charge in [-0.1, -0.05) is 23.8 Å². The molecule has 0 heterocycles. The SMILES string of the molecule is Cc1ccc(NC(=O)c2cccc([N+](=O)[O-])c2O)cc1. The van der Waals surface area contributed by atoms with Crippen LogP contribution in [0.5, 0.6) is 5.75 Å². The Bertz CT molecular complexity index is 665. The van der Waals surface area contributed by atoms with Gasteiger partial charge in [-0.3, -0.25) is 14.9 Å². The number of nitro groups is 1. The van der Waals surface area contributed by atoms with Crippen LogP contribution in [0.15, 0.2) is 42.5 Å². The molecule has 1 amide bonds. The first-order valence-electron chi connectivity index (χ1n) is 5.83. The van der Waals surface area contributed by atoms with Crippen LogP contribution in [0.1, 0.15) is 15.9 Å². The molecule has 0 bridgehead atoms. The number of aryl methyl sites for hydroxylation is 1. The van der Waals surface area contributed by atoms with Crippen molar-refractivity contribution >= 4 is 17.3 Å². The van der Waals surface area contributed by atoms with Crippen molar-refractivity contribution in [3.05, 3.63) is 63.7 Å². The zero-order chi connectivity index (χ0) is 14.7. The largest absolute Gasteiger partial charge is 0.502 e. The van der Waals surface area contributed by atoms with Crippen molar-refractivity contribution in [3.8, 4) is 5.75 Å². The average molecular weight is 272 g/mol. The van der Waals surface area contributed by atoms with Crippen LogP contribution in [0.25, 0.3) is 0 Å². The third-order valence-corrected chi connectivity index (χ3v) is 2.77. The van der Waals surface area contributed by atoms with Crippen LogP contribution in [-0.4, -0.2) is 15.9 Å². The lowest BCUT2D eigenvalue weighted by molar-refractivity contribution is -0.385. The number of phenols is 1. The number of benzene rings is 2. The molecule has 0 atom stereocenters. The van der Waals surface area contributed by atoms with Crippen molar-refractivity contribution in [2.75, 3.05) is 5.32 Å². The van der Waals surface area contributed by atoms with Crippen LogP contribution in [0.3, 0.4) is 0 Å². The maximum atomic E-state index is 12.0. The third kappa shape index (κ3) is 2.74. The number of rotatable bonds is 3. The molecule has 2 aromatic carbocycles. The highest BCUT2D eigenvalue weighted by Crippen LogP contribution is 2.29. The fourth-order valence-electron chi connectivity index (χ4n) is 1.70. The van der Waals surface area contributed by atoms with E-state index < -0.39 is 22.3 Å². The van der Waals surface area contributed by atoms with Crippen LogP contribution in [0.2, 0.25) is 0 Å². The van der Waals surface area contributed by atoms with Crippen molar-refractivity contribution in [2.24, 2.45) is 0 Å². The lowest BCUT2D eigenvalue weighted by Crippen LogP contribution is -2.12. The normalized spacial score (nSPS) is 10.1. The minimum Gasteiger partial charge on any atom is -0.502 e. The van der Waals surface area contributed by atoms with E-state index in [0.717, 1.165) is 11.6 Å². The third-order valence-electron chi connectivity index (χ3n) is 2.77. The number of amides is 1. The molecule has 0 fully saturated rings. The van der Waals surface area contributed by atoms with Crippen LogP contribution in [0.4, 0.5) is 11.4 Å². The Balaban J connectivity index is 2.28. The molecule has 0 aromatic heterocycles. The van der Waals surface area contributed by atoms with Gasteiger partial charge in [-0.25, -0.2) is 0 Å². The van der Waals surface area contributed by atoms with Gasteiger partial charge in [0.1, 0.15) is 0 Å². The number of anilines is 1. The summed E-state index contributed by atoms with van der Waals surface area (Å²) in [5.41, 5.74) is 0.953. The highest BCUT2D eigenvalue weighted by Gasteiger charge is 2.20. The second-order valence-electron chi connectivity index (χ2n) is 4.25. The first-order valence-corrected chi connectivity index (χ1v) is 5.83. The highest BCUT2D eigenvalue weighted by atomic mass is 16.6. The highest BCUT2D eigenvalue weighted by molar-refractivity contribution is 6.06. The molecule has 102 valence electrons. The first kappa shape index (κ1) is 13.5. The Morgan fingerprint density at radius 2 is 1.85 bits per heavy atom. The summed E-state index contributed by atoms with van der Waals surface area (Å²) in [6, 6.07) is 10.9. The Morgan fingerprint density at radius 3 is 2.45 bits per heavy atom. The van der Waals surface area contributed by atoms with Gasteiger partial charge < -0.3 is 10.4 Å². The summed E-state index contributed by atoms with van der Waals surface area (Å²) in [5, 5.41) is 23.0. The summed E-state index contributed by atoms with van der Waals surface area (Å²) in [5.74, 6) is -1.24. The number of hydrogen-bond acceptors (Lipinski definition) is 4. The van der Waals surface area contributed by atoms with Crippen molar-refractivity contribution in [1.82, 2.24) is 0 Å². The van der Waals surface area contributed by atoms with Gasteiger partial charge in [0, 0.05) is 11.8 Å². The van der Waals surface area contributed by atoms with E-state index in [1.807, 2.05) is 19.1 Å². The Labute approximate surface area is 114 Å². The number of carbonyl (C=O) groups excluding carboxylic acids is 1. The quantitative estimate of drug-likeness (QED) is 0.663. The fourth-order valence-corrected chi connectivity index (χ4v) is 1.70. The number of phenolic OH excluding ortho intramolecular Hbond substituents is 1. The Morgan fingerprint density at radius 1 is 1.20 bits per heavy atom. The van der Waals surface area contributed by atoms with Crippen molar-refractivity contribution in [1.29, 1.82) is 0 Å². The maximum Gasteiger partial charge on any atom is 0.311 e. The smallest absolute Gasteiger partial charge is 0.311 e. The fraction of sp³-hybridized carbons (Fsp3) is 0.0714.